The van der Waals surface area contributed by atoms with Gasteiger partial charge in [0.2, 0.25) is 0 Å². The van der Waals surface area contributed by atoms with Gasteiger partial charge in [0.15, 0.2) is 5.03 Å². The Labute approximate surface area is 129 Å². The van der Waals surface area contributed by atoms with E-state index in [1.54, 1.807) is 6.07 Å². The monoisotopic (exact) mass is 353 g/mol. The van der Waals surface area contributed by atoms with Gasteiger partial charge in [0.05, 0.1) is 4.92 Å². The summed E-state index contributed by atoms with van der Waals surface area (Å²) in [6, 6.07) is 10.6. The number of hydrogen-bond donors (Lipinski definition) is 1. The van der Waals surface area contributed by atoms with E-state index in [1.165, 1.54) is 17.8 Å². The van der Waals surface area contributed by atoms with Gasteiger partial charge in [0.25, 0.3) is 0 Å². The molecule has 7 heteroatoms. The fourth-order valence-electron chi connectivity index (χ4n) is 1.56. The molecule has 0 saturated heterocycles. The first-order valence-corrected chi connectivity index (χ1v) is 7.54. The van der Waals surface area contributed by atoms with Gasteiger partial charge in [-0.15, -0.1) is 0 Å². The molecule has 0 aliphatic rings. The lowest BCUT2D eigenvalue weighted by atomic mass is 10.4. The molecule has 1 heterocycles. The zero-order chi connectivity index (χ0) is 14.5. The summed E-state index contributed by atoms with van der Waals surface area (Å²) in [7, 11) is 0. The van der Waals surface area contributed by atoms with Crippen LogP contribution in [0.1, 0.15) is 6.92 Å². The van der Waals surface area contributed by atoms with Crippen molar-refractivity contribution < 1.29 is 4.92 Å². The standard InChI is InChI=1S/C13H12BrN3O2S/c1-2-15-12-8-7-10(17(18)19)13(16-12)20-11-6-4-3-5-9(11)14/h3-8H,2H2,1H3,(H,15,16). The van der Waals surface area contributed by atoms with Gasteiger partial charge < -0.3 is 5.32 Å². The Kier molecular flexibility index (Phi) is 4.97. The molecule has 0 amide bonds. The molecular weight excluding hydrogens is 342 g/mol. The van der Waals surface area contributed by atoms with E-state index in [1.807, 2.05) is 31.2 Å². The number of hydrogen-bond acceptors (Lipinski definition) is 5. The highest BCUT2D eigenvalue weighted by Crippen LogP contribution is 2.37. The molecule has 1 aromatic heterocycles. The minimum atomic E-state index is -0.415. The second kappa shape index (κ2) is 6.71. The van der Waals surface area contributed by atoms with E-state index in [9.17, 15) is 10.1 Å². The van der Waals surface area contributed by atoms with Gasteiger partial charge in [-0.2, -0.15) is 0 Å². The summed E-state index contributed by atoms with van der Waals surface area (Å²) < 4.78 is 0.884. The lowest BCUT2D eigenvalue weighted by Gasteiger charge is -2.07. The van der Waals surface area contributed by atoms with Crippen LogP contribution in [0.4, 0.5) is 11.5 Å². The van der Waals surface area contributed by atoms with E-state index >= 15 is 0 Å². The van der Waals surface area contributed by atoms with Crippen molar-refractivity contribution in [3.8, 4) is 0 Å². The molecule has 0 aliphatic carbocycles. The number of anilines is 1. The van der Waals surface area contributed by atoms with Crippen LogP contribution in [0, 0.1) is 10.1 Å². The Morgan fingerprint density at radius 2 is 2.10 bits per heavy atom. The summed E-state index contributed by atoms with van der Waals surface area (Å²) in [4.78, 5) is 15.9. The fraction of sp³-hybridized carbons (Fsp3) is 0.154. The quantitative estimate of drug-likeness (QED) is 0.639. The molecular formula is C13H12BrN3O2S. The van der Waals surface area contributed by atoms with Crippen molar-refractivity contribution in [2.45, 2.75) is 16.8 Å². The van der Waals surface area contributed by atoms with Crippen molar-refractivity contribution in [1.29, 1.82) is 0 Å². The number of halogens is 1. The Balaban J connectivity index is 2.40. The van der Waals surface area contributed by atoms with Gasteiger partial charge >= 0.3 is 5.69 Å². The molecule has 0 saturated carbocycles. The Bertz CT molecular complexity index is 637. The number of rotatable bonds is 5. The molecule has 0 spiro atoms. The van der Waals surface area contributed by atoms with Crippen LogP contribution in [0.15, 0.2) is 50.8 Å². The zero-order valence-corrected chi connectivity index (χ0v) is 13.1. The summed E-state index contributed by atoms with van der Waals surface area (Å²) >= 11 is 4.70. The molecule has 5 nitrogen and oxygen atoms in total. The van der Waals surface area contributed by atoms with E-state index in [2.05, 4.69) is 26.2 Å². The second-order valence-corrected chi connectivity index (χ2v) is 5.73. The van der Waals surface area contributed by atoms with Gasteiger partial charge in [-0.3, -0.25) is 10.1 Å². The van der Waals surface area contributed by atoms with Crippen molar-refractivity contribution in [2.24, 2.45) is 0 Å². The summed E-state index contributed by atoms with van der Waals surface area (Å²) in [6.45, 7) is 2.66. The lowest BCUT2D eigenvalue weighted by molar-refractivity contribution is -0.388. The van der Waals surface area contributed by atoms with Crippen molar-refractivity contribution in [2.75, 3.05) is 11.9 Å². The number of aromatic nitrogens is 1. The van der Waals surface area contributed by atoms with Crippen LogP contribution < -0.4 is 5.32 Å². The molecule has 0 atom stereocenters. The first-order valence-electron chi connectivity index (χ1n) is 5.93. The van der Waals surface area contributed by atoms with E-state index in [0.29, 0.717) is 17.4 Å². The predicted molar refractivity (Wildman–Crippen MR) is 83.3 cm³/mol. The summed E-state index contributed by atoms with van der Waals surface area (Å²) in [5, 5.41) is 14.5. The number of benzene rings is 1. The molecule has 2 rings (SSSR count). The van der Waals surface area contributed by atoms with Crippen LogP contribution in [-0.2, 0) is 0 Å². The summed E-state index contributed by atoms with van der Waals surface area (Å²) in [6.07, 6.45) is 0. The third-order valence-electron chi connectivity index (χ3n) is 2.44. The first kappa shape index (κ1) is 14.8. The largest absolute Gasteiger partial charge is 0.370 e. The average Bonchev–Trinajstić information content (AvgIpc) is 2.42. The molecule has 0 radical (unpaired) electrons. The highest BCUT2D eigenvalue weighted by molar-refractivity contribution is 9.10. The fourth-order valence-corrected chi connectivity index (χ4v) is 3.00. The van der Waals surface area contributed by atoms with Crippen LogP contribution >= 0.6 is 27.7 Å². The van der Waals surface area contributed by atoms with Crippen LogP contribution in [0.3, 0.4) is 0 Å². The Morgan fingerprint density at radius 3 is 2.75 bits per heavy atom. The molecule has 1 N–H and O–H groups in total. The molecule has 2 aromatic rings. The third-order valence-corrected chi connectivity index (χ3v) is 4.46. The van der Waals surface area contributed by atoms with E-state index < -0.39 is 4.92 Å². The molecule has 1 aromatic carbocycles. The Hall–Kier alpha value is -1.60. The highest BCUT2D eigenvalue weighted by atomic mass is 79.9. The maximum absolute atomic E-state index is 11.1. The highest BCUT2D eigenvalue weighted by Gasteiger charge is 2.18. The molecule has 20 heavy (non-hydrogen) atoms. The smallest absolute Gasteiger partial charge is 0.301 e. The summed E-state index contributed by atoms with van der Waals surface area (Å²) in [5.74, 6) is 0.632. The zero-order valence-electron chi connectivity index (χ0n) is 10.7. The minimum absolute atomic E-state index is 0.00686. The van der Waals surface area contributed by atoms with E-state index in [0.717, 1.165) is 9.37 Å². The van der Waals surface area contributed by atoms with Gasteiger partial charge in [-0.25, -0.2) is 4.98 Å². The maximum Gasteiger partial charge on any atom is 0.301 e. The van der Waals surface area contributed by atoms with Crippen LogP contribution in [0.5, 0.6) is 0 Å². The van der Waals surface area contributed by atoms with Gasteiger partial charge in [0.1, 0.15) is 5.82 Å². The van der Waals surface area contributed by atoms with Gasteiger partial charge in [-0.1, -0.05) is 23.9 Å². The van der Waals surface area contributed by atoms with E-state index in [4.69, 9.17) is 0 Å². The second-order valence-electron chi connectivity index (χ2n) is 3.84. The molecule has 0 fully saturated rings. The van der Waals surface area contributed by atoms with Crippen molar-refractivity contribution >= 4 is 39.2 Å². The average molecular weight is 354 g/mol. The minimum Gasteiger partial charge on any atom is -0.370 e. The number of nitrogens with zero attached hydrogens (tertiary/aromatic N) is 2. The maximum atomic E-state index is 11.1. The van der Waals surface area contributed by atoms with Crippen molar-refractivity contribution in [3.05, 3.63) is 51.0 Å². The third kappa shape index (κ3) is 3.49. The molecule has 0 aliphatic heterocycles. The van der Waals surface area contributed by atoms with Gasteiger partial charge in [-0.05, 0) is 41.1 Å². The van der Waals surface area contributed by atoms with Crippen molar-refractivity contribution in [1.82, 2.24) is 4.98 Å². The molecule has 104 valence electrons. The Morgan fingerprint density at radius 1 is 1.35 bits per heavy atom. The number of pyridine rings is 1. The van der Waals surface area contributed by atoms with Crippen LogP contribution in [0.25, 0.3) is 0 Å². The topological polar surface area (TPSA) is 68.1 Å². The summed E-state index contributed by atoms with van der Waals surface area (Å²) in [5.41, 5.74) is 0.00686. The SMILES string of the molecule is CCNc1ccc([N+](=O)[O-])c(Sc2ccccc2Br)n1. The van der Waals surface area contributed by atoms with E-state index in [-0.39, 0.29) is 5.69 Å². The molecule has 0 bridgehead atoms. The normalized spacial score (nSPS) is 10.3. The van der Waals surface area contributed by atoms with Gasteiger partial charge in [0, 0.05) is 22.0 Å². The van der Waals surface area contributed by atoms with Crippen molar-refractivity contribution in [3.63, 3.8) is 0 Å². The lowest BCUT2D eigenvalue weighted by Crippen LogP contribution is -2.01. The van der Waals surface area contributed by atoms with Crippen LogP contribution in [0.2, 0.25) is 0 Å². The van der Waals surface area contributed by atoms with Crippen LogP contribution in [-0.4, -0.2) is 16.5 Å². The number of nitro groups is 1. The first-order chi connectivity index (χ1) is 9.61. The molecule has 0 unspecified atom stereocenters. The number of nitrogens with one attached hydrogen (secondary N) is 1. The predicted octanol–water partition coefficient (Wildman–Crippen LogP) is 4.34.